The second-order valence-electron chi connectivity index (χ2n) is 6.50. The summed E-state index contributed by atoms with van der Waals surface area (Å²) in [6, 6.07) is 7.55. The number of aromatic nitrogens is 1. The van der Waals surface area contributed by atoms with E-state index in [4.69, 9.17) is 4.74 Å². The molecule has 0 aliphatic carbocycles. The lowest BCUT2D eigenvalue weighted by atomic mass is 9.95. The average Bonchev–Trinajstić information content (AvgIpc) is 3.22. The molecule has 2 amide bonds. The third-order valence-corrected chi connectivity index (χ3v) is 5.62. The molecule has 1 N–H and O–H groups in total. The Balaban J connectivity index is 1.43. The van der Waals surface area contributed by atoms with Crippen molar-refractivity contribution in [3.8, 4) is 5.88 Å². The Morgan fingerprint density at radius 3 is 2.74 bits per heavy atom. The minimum Gasteiger partial charge on any atom is -0.478 e. The van der Waals surface area contributed by atoms with Gasteiger partial charge in [0.25, 0.3) is 5.91 Å². The minimum atomic E-state index is -0.0397. The van der Waals surface area contributed by atoms with Gasteiger partial charge >= 0.3 is 0 Å². The molecule has 0 radical (unpaired) electrons. The molecule has 2 aromatic heterocycles. The summed E-state index contributed by atoms with van der Waals surface area (Å²) in [6.45, 7) is 4.28. The van der Waals surface area contributed by atoms with Crippen molar-refractivity contribution in [2.75, 3.05) is 26.2 Å². The fraction of sp³-hybridized carbons (Fsp3) is 0.450. The predicted molar refractivity (Wildman–Crippen MR) is 105 cm³/mol. The van der Waals surface area contributed by atoms with Crippen LogP contribution in [0, 0.1) is 5.92 Å². The van der Waals surface area contributed by atoms with E-state index in [2.05, 4.69) is 16.4 Å². The molecule has 1 aliphatic rings. The quantitative estimate of drug-likeness (QED) is 0.793. The van der Waals surface area contributed by atoms with Gasteiger partial charge in [0.1, 0.15) is 0 Å². The van der Waals surface area contributed by atoms with Crippen molar-refractivity contribution >= 4 is 23.2 Å². The summed E-state index contributed by atoms with van der Waals surface area (Å²) in [5.74, 6) is 0.561. The van der Waals surface area contributed by atoms with Gasteiger partial charge in [-0.1, -0.05) is 6.07 Å². The second-order valence-corrected chi connectivity index (χ2v) is 7.54. The van der Waals surface area contributed by atoms with Crippen molar-refractivity contribution in [3.05, 3.63) is 46.3 Å². The van der Waals surface area contributed by atoms with Crippen LogP contribution in [0.15, 0.2) is 35.8 Å². The lowest BCUT2D eigenvalue weighted by molar-refractivity contribution is -0.126. The molecule has 1 saturated heterocycles. The molecule has 0 aromatic carbocycles. The number of carbonyl (C=O) groups is 2. The van der Waals surface area contributed by atoms with Gasteiger partial charge in [-0.15, -0.1) is 11.3 Å². The number of nitrogens with one attached hydrogen (secondary N) is 1. The number of piperidine rings is 1. The minimum absolute atomic E-state index is 0.0177. The highest BCUT2D eigenvalue weighted by Crippen LogP contribution is 2.20. The number of likely N-dealkylation sites (tertiary alicyclic amines) is 1. The molecule has 0 saturated carbocycles. The number of thiophene rings is 1. The average molecular weight is 388 g/mol. The highest BCUT2D eigenvalue weighted by molar-refractivity contribution is 7.09. The Morgan fingerprint density at radius 2 is 2.11 bits per heavy atom. The molecule has 6 nitrogen and oxygen atoms in total. The standard InChI is InChI=1S/C20H25N3O3S/c1-2-26-18-6-5-16(14-22-18)20(25)23-11-8-15(9-12-23)19(24)21-10-7-17-4-3-13-27-17/h3-6,13-15H,2,7-12H2,1H3,(H,21,24). The van der Waals surface area contributed by atoms with E-state index in [0.29, 0.717) is 50.5 Å². The van der Waals surface area contributed by atoms with Crippen LogP contribution < -0.4 is 10.1 Å². The summed E-state index contributed by atoms with van der Waals surface area (Å²) < 4.78 is 5.30. The highest BCUT2D eigenvalue weighted by atomic mass is 32.1. The topological polar surface area (TPSA) is 71.5 Å². The molecule has 27 heavy (non-hydrogen) atoms. The van der Waals surface area contributed by atoms with Crippen molar-refractivity contribution in [2.45, 2.75) is 26.2 Å². The number of amides is 2. The van der Waals surface area contributed by atoms with Gasteiger partial charge in [-0.05, 0) is 43.7 Å². The predicted octanol–water partition coefficient (Wildman–Crippen LogP) is 2.75. The van der Waals surface area contributed by atoms with E-state index in [9.17, 15) is 9.59 Å². The lowest BCUT2D eigenvalue weighted by Crippen LogP contribution is -2.43. The van der Waals surface area contributed by atoms with Gasteiger partial charge in [0.15, 0.2) is 0 Å². The lowest BCUT2D eigenvalue weighted by Gasteiger charge is -2.31. The van der Waals surface area contributed by atoms with Crippen molar-refractivity contribution < 1.29 is 14.3 Å². The smallest absolute Gasteiger partial charge is 0.255 e. The molecule has 3 heterocycles. The molecule has 2 aromatic rings. The number of hydrogen-bond acceptors (Lipinski definition) is 5. The summed E-state index contributed by atoms with van der Waals surface area (Å²) in [5.41, 5.74) is 0.553. The van der Waals surface area contributed by atoms with Crippen LogP contribution in [-0.2, 0) is 11.2 Å². The third kappa shape index (κ3) is 5.29. The zero-order chi connectivity index (χ0) is 19.1. The Labute approximate surface area is 163 Å². The summed E-state index contributed by atoms with van der Waals surface area (Å²) in [7, 11) is 0. The van der Waals surface area contributed by atoms with E-state index in [-0.39, 0.29) is 17.7 Å². The van der Waals surface area contributed by atoms with E-state index in [1.165, 1.54) is 4.88 Å². The van der Waals surface area contributed by atoms with E-state index in [1.807, 2.05) is 18.4 Å². The van der Waals surface area contributed by atoms with Gasteiger partial charge in [-0.2, -0.15) is 0 Å². The van der Waals surface area contributed by atoms with Crippen LogP contribution >= 0.6 is 11.3 Å². The first-order chi connectivity index (χ1) is 13.2. The number of rotatable bonds is 7. The Morgan fingerprint density at radius 1 is 1.30 bits per heavy atom. The maximum Gasteiger partial charge on any atom is 0.255 e. The van der Waals surface area contributed by atoms with Crippen LogP contribution in [0.25, 0.3) is 0 Å². The SMILES string of the molecule is CCOc1ccc(C(=O)N2CCC(C(=O)NCCc3cccs3)CC2)cn1. The van der Waals surface area contributed by atoms with Crippen molar-refractivity contribution in [3.63, 3.8) is 0 Å². The molecule has 1 fully saturated rings. The second kappa shape index (κ2) is 9.50. The molecule has 0 unspecified atom stereocenters. The summed E-state index contributed by atoms with van der Waals surface area (Å²) in [6.07, 6.45) is 3.81. The highest BCUT2D eigenvalue weighted by Gasteiger charge is 2.27. The number of ether oxygens (including phenoxy) is 1. The van der Waals surface area contributed by atoms with Crippen LogP contribution in [0.2, 0.25) is 0 Å². The van der Waals surface area contributed by atoms with Crippen molar-refractivity contribution in [2.24, 2.45) is 5.92 Å². The molecular weight excluding hydrogens is 362 g/mol. The van der Waals surface area contributed by atoms with Crippen LogP contribution in [0.1, 0.15) is 35.0 Å². The third-order valence-electron chi connectivity index (χ3n) is 4.68. The van der Waals surface area contributed by atoms with Gasteiger partial charge in [0.2, 0.25) is 11.8 Å². The zero-order valence-electron chi connectivity index (χ0n) is 15.5. The van der Waals surface area contributed by atoms with Gasteiger partial charge in [-0.3, -0.25) is 9.59 Å². The van der Waals surface area contributed by atoms with Gasteiger partial charge in [-0.25, -0.2) is 4.98 Å². The molecular formula is C20H25N3O3S. The number of nitrogens with zero attached hydrogens (tertiary/aromatic N) is 2. The van der Waals surface area contributed by atoms with Crippen LogP contribution in [0.3, 0.4) is 0 Å². The summed E-state index contributed by atoms with van der Waals surface area (Å²) in [5, 5.41) is 5.07. The molecule has 144 valence electrons. The van der Waals surface area contributed by atoms with Crippen LogP contribution in [0.5, 0.6) is 5.88 Å². The van der Waals surface area contributed by atoms with Gasteiger partial charge in [0.05, 0.1) is 12.2 Å². The Bertz CT molecular complexity index is 738. The number of carbonyl (C=O) groups excluding carboxylic acids is 2. The van der Waals surface area contributed by atoms with Crippen molar-refractivity contribution in [1.82, 2.24) is 15.2 Å². The molecule has 0 bridgehead atoms. The maximum absolute atomic E-state index is 12.6. The molecule has 1 aliphatic heterocycles. The molecule has 0 atom stereocenters. The fourth-order valence-electron chi connectivity index (χ4n) is 3.18. The Hall–Kier alpha value is -2.41. The van der Waals surface area contributed by atoms with Crippen molar-refractivity contribution in [1.29, 1.82) is 0 Å². The largest absolute Gasteiger partial charge is 0.478 e. The zero-order valence-corrected chi connectivity index (χ0v) is 16.3. The van der Waals surface area contributed by atoms with E-state index in [1.54, 1.807) is 34.6 Å². The monoisotopic (exact) mass is 387 g/mol. The number of pyridine rings is 1. The normalized spacial score (nSPS) is 14.8. The first kappa shape index (κ1) is 19.4. The van der Waals surface area contributed by atoms with E-state index in [0.717, 1.165) is 6.42 Å². The molecule has 7 heteroatoms. The molecule has 3 rings (SSSR count). The Kier molecular flexibility index (Phi) is 6.81. The first-order valence-electron chi connectivity index (χ1n) is 9.35. The summed E-state index contributed by atoms with van der Waals surface area (Å²) >= 11 is 1.71. The number of hydrogen-bond donors (Lipinski definition) is 1. The van der Waals surface area contributed by atoms with Gasteiger partial charge in [0, 0.05) is 42.7 Å². The van der Waals surface area contributed by atoms with Gasteiger partial charge < -0.3 is 15.0 Å². The summed E-state index contributed by atoms with van der Waals surface area (Å²) in [4.78, 5) is 32.2. The van der Waals surface area contributed by atoms with E-state index < -0.39 is 0 Å². The van der Waals surface area contributed by atoms with E-state index >= 15 is 0 Å². The van der Waals surface area contributed by atoms with Crippen LogP contribution in [-0.4, -0.2) is 47.9 Å². The maximum atomic E-state index is 12.6. The fourth-order valence-corrected chi connectivity index (χ4v) is 3.88. The van der Waals surface area contributed by atoms with Crippen LogP contribution in [0.4, 0.5) is 0 Å². The molecule has 0 spiro atoms. The first-order valence-corrected chi connectivity index (χ1v) is 10.2.